The van der Waals surface area contributed by atoms with Crippen molar-refractivity contribution in [1.29, 1.82) is 0 Å². The summed E-state index contributed by atoms with van der Waals surface area (Å²) in [5, 5.41) is 2.63. The first kappa shape index (κ1) is 21.5. The van der Waals surface area contributed by atoms with Gasteiger partial charge in [-0.25, -0.2) is 13.1 Å². The van der Waals surface area contributed by atoms with Crippen LogP contribution in [-0.4, -0.2) is 41.1 Å². The molecule has 0 saturated carbocycles. The van der Waals surface area contributed by atoms with Gasteiger partial charge in [-0.1, -0.05) is 18.2 Å². The van der Waals surface area contributed by atoms with Crippen LogP contribution < -0.4 is 19.5 Å². The zero-order valence-electron chi connectivity index (χ0n) is 15.8. The number of ether oxygens (including phenoxy) is 2. The van der Waals surface area contributed by atoms with Crippen LogP contribution in [0, 0.1) is 0 Å². The third kappa shape index (κ3) is 6.40. The molecular weight excluding hydrogens is 380 g/mol. The Morgan fingerprint density at radius 2 is 1.79 bits per heavy atom. The molecule has 7 nitrogen and oxygen atoms in total. The maximum Gasteiger partial charge on any atom is 0.244 e. The highest BCUT2D eigenvalue weighted by Crippen LogP contribution is 2.19. The number of benzene rings is 2. The van der Waals surface area contributed by atoms with Gasteiger partial charge in [0, 0.05) is 24.7 Å². The van der Waals surface area contributed by atoms with E-state index < -0.39 is 10.0 Å². The highest BCUT2D eigenvalue weighted by molar-refractivity contribution is 7.89. The van der Waals surface area contributed by atoms with Gasteiger partial charge in [0.15, 0.2) is 0 Å². The second kappa shape index (κ2) is 10.5. The molecule has 2 aromatic rings. The number of carbonyl (C=O) groups is 1. The van der Waals surface area contributed by atoms with Crippen molar-refractivity contribution in [2.45, 2.75) is 11.8 Å². The van der Waals surface area contributed by atoms with E-state index in [2.05, 4.69) is 10.0 Å². The predicted molar refractivity (Wildman–Crippen MR) is 108 cm³/mol. The number of methoxy groups -OCH3 is 1. The molecule has 0 bridgehead atoms. The number of nitrogens with one attached hydrogen (secondary N) is 2. The minimum Gasteiger partial charge on any atom is -0.497 e. The minimum atomic E-state index is -3.64. The zero-order chi connectivity index (χ0) is 20.4. The fourth-order valence-electron chi connectivity index (χ4n) is 2.34. The van der Waals surface area contributed by atoms with E-state index in [9.17, 15) is 13.2 Å². The monoisotopic (exact) mass is 404 g/mol. The summed E-state index contributed by atoms with van der Waals surface area (Å²) in [4.78, 5) is 12.1. The van der Waals surface area contributed by atoms with Gasteiger partial charge < -0.3 is 14.8 Å². The van der Waals surface area contributed by atoms with Crippen molar-refractivity contribution in [3.05, 3.63) is 60.2 Å². The number of rotatable bonds is 10. The van der Waals surface area contributed by atoms with Crippen molar-refractivity contribution in [3.8, 4) is 11.5 Å². The van der Waals surface area contributed by atoms with E-state index in [0.717, 1.165) is 5.56 Å². The predicted octanol–water partition coefficient (Wildman–Crippen LogP) is 2.20. The van der Waals surface area contributed by atoms with E-state index in [1.807, 2.05) is 31.2 Å². The molecule has 8 heteroatoms. The fourth-order valence-corrected chi connectivity index (χ4v) is 3.37. The van der Waals surface area contributed by atoms with Crippen LogP contribution in [0.5, 0.6) is 11.5 Å². The molecule has 0 radical (unpaired) electrons. The number of carbonyl (C=O) groups excluding carboxylic acids is 1. The Morgan fingerprint density at radius 1 is 1.07 bits per heavy atom. The van der Waals surface area contributed by atoms with Crippen molar-refractivity contribution < 1.29 is 22.7 Å². The molecular formula is C20H24N2O5S. The molecule has 0 unspecified atom stereocenters. The lowest BCUT2D eigenvalue weighted by atomic mass is 10.2. The maximum absolute atomic E-state index is 12.2. The van der Waals surface area contributed by atoms with E-state index >= 15 is 0 Å². The highest BCUT2D eigenvalue weighted by atomic mass is 32.2. The van der Waals surface area contributed by atoms with Crippen molar-refractivity contribution >= 4 is 22.0 Å². The first-order valence-electron chi connectivity index (χ1n) is 8.77. The van der Waals surface area contributed by atoms with Gasteiger partial charge in [0.05, 0.1) is 18.6 Å². The van der Waals surface area contributed by atoms with Crippen LogP contribution in [-0.2, 0) is 14.8 Å². The molecule has 0 heterocycles. The molecule has 0 aliphatic heterocycles. The van der Waals surface area contributed by atoms with Gasteiger partial charge in [-0.3, -0.25) is 4.79 Å². The summed E-state index contributed by atoms with van der Waals surface area (Å²) in [5.74, 6) is 0.945. The van der Waals surface area contributed by atoms with Gasteiger partial charge in [0.25, 0.3) is 0 Å². The second-order valence-electron chi connectivity index (χ2n) is 5.67. The van der Waals surface area contributed by atoms with Crippen molar-refractivity contribution in [1.82, 2.24) is 10.0 Å². The quantitative estimate of drug-likeness (QED) is 0.468. The molecule has 0 aromatic heterocycles. The Morgan fingerprint density at radius 3 is 2.46 bits per heavy atom. The number of hydrogen-bond donors (Lipinski definition) is 2. The van der Waals surface area contributed by atoms with Gasteiger partial charge in [0.1, 0.15) is 11.5 Å². The lowest BCUT2D eigenvalue weighted by molar-refractivity contribution is -0.116. The Hall–Kier alpha value is -2.84. The minimum absolute atomic E-state index is 0.0729. The third-order valence-electron chi connectivity index (χ3n) is 3.72. The molecule has 1 amide bonds. The summed E-state index contributed by atoms with van der Waals surface area (Å²) >= 11 is 0. The molecule has 2 N–H and O–H groups in total. The van der Waals surface area contributed by atoms with Gasteiger partial charge in [0.2, 0.25) is 15.9 Å². The molecule has 150 valence electrons. The topological polar surface area (TPSA) is 93.7 Å². The summed E-state index contributed by atoms with van der Waals surface area (Å²) in [6, 6.07) is 13.4. The molecule has 0 atom stereocenters. The zero-order valence-corrected chi connectivity index (χ0v) is 16.7. The van der Waals surface area contributed by atoms with Crippen molar-refractivity contribution in [3.63, 3.8) is 0 Å². The summed E-state index contributed by atoms with van der Waals surface area (Å²) in [6.07, 6.45) is 3.04. The van der Waals surface area contributed by atoms with Crippen LogP contribution in [0.4, 0.5) is 0 Å². The average Bonchev–Trinajstić information content (AvgIpc) is 2.71. The lowest BCUT2D eigenvalue weighted by Gasteiger charge is -2.08. The Kier molecular flexibility index (Phi) is 8.03. The first-order valence-corrected chi connectivity index (χ1v) is 10.3. The lowest BCUT2D eigenvalue weighted by Crippen LogP contribution is -2.34. The van der Waals surface area contributed by atoms with Crippen LogP contribution in [0.2, 0.25) is 0 Å². The summed E-state index contributed by atoms with van der Waals surface area (Å²) in [6.45, 7) is 2.65. The van der Waals surface area contributed by atoms with Crippen LogP contribution in [0.25, 0.3) is 6.08 Å². The number of sulfonamides is 1. The van der Waals surface area contributed by atoms with Crippen molar-refractivity contribution in [2.24, 2.45) is 0 Å². The summed E-state index contributed by atoms with van der Waals surface area (Å²) < 4.78 is 37.3. The van der Waals surface area contributed by atoms with E-state index in [1.165, 1.54) is 25.3 Å². The second-order valence-corrected chi connectivity index (χ2v) is 7.44. The first-order chi connectivity index (χ1) is 13.5. The summed E-state index contributed by atoms with van der Waals surface area (Å²) in [7, 11) is -2.13. The molecule has 2 aromatic carbocycles. The molecule has 0 aliphatic carbocycles. The van der Waals surface area contributed by atoms with Crippen LogP contribution in [0.15, 0.2) is 59.5 Å². The molecule has 0 saturated heterocycles. The Bertz CT molecular complexity index is 908. The van der Waals surface area contributed by atoms with Gasteiger partial charge in [-0.05, 0) is 43.3 Å². The SMILES string of the molecule is CCOc1ccccc1/C=C/C(=O)NCCNS(=O)(=O)c1ccc(OC)cc1. The van der Waals surface area contributed by atoms with Gasteiger partial charge in [-0.15, -0.1) is 0 Å². The number of amides is 1. The van der Waals surface area contributed by atoms with Crippen LogP contribution in [0.3, 0.4) is 0 Å². The third-order valence-corrected chi connectivity index (χ3v) is 5.20. The highest BCUT2D eigenvalue weighted by Gasteiger charge is 2.13. The molecule has 0 aliphatic rings. The smallest absolute Gasteiger partial charge is 0.244 e. The Balaban J connectivity index is 1.82. The van der Waals surface area contributed by atoms with Crippen molar-refractivity contribution in [2.75, 3.05) is 26.8 Å². The number of para-hydroxylation sites is 1. The molecule has 0 fully saturated rings. The van der Waals surface area contributed by atoms with Crippen LogP contribution >= 0.6 is 0 Å². The Labute approximate surface area is 165 Å². The van der Waals surface area contributed by atoms with E-state index in [1.54, 1.807) is 18.2 Å². The van der Waals surface area contributed by atoms with Crippen LogP contribution in [0.1, 0.15) is 12.5 Å². The maximum atomic E-state index is 12.2. The fraction of sp³-hybridized carbons (Fsp3) is 0.250. The standard InChI is InChI=1S/C20H24N2O5S/c1-3-27-19-7-5-4-6-16(19)8-13-20(23)21-14-15-22-28(24,25)18-11-9-17(26-2)10-12-18/h4-13,22H,3,14-15H2,1-2H3,(H,21,23)/b13-8+. The van der Waals surface area contributed by atoms with E-state index in [4.69, 9.17) is 9.47 Å². The largest absolute Gasteiger partial charge is 0.497 e. The normalized spacial score (nSPS) is 11.4. The van der Waals surface area contributed by atoms with Gasteiger partial charge >= 0.3 is 0 Å². The molecule has 2 rings (SSSR count). The van der Waals surface area contributed by atoms with E-state index in [-0.39, 0.29) is 23.9 Å². The summed E-state index contributed by atoms with van der Waals surface area (Å²) in [5.41, 5.74) is 0.791. The molecule has 0 spiro atoms. The number of hydrogen-bond acceptors (Lipinski definition) is 5. The van der Waals surface area contributed by atoms with E-state index in [0.29, 0.717) is 18.1 Å². The average molecular weight is 404 g/mol. The van der Waals surface area contributed by atoms with Gasteiger partial charge in [-0.2, -0.15) is 0 Å². The molecule has 28 heavy (non-hydrogen) atoms.